The second-order valence-electron chi connectivity index (χ2n) is 3.01. The first-order valence-electron chi connectivity index (χ1n) is 3.96. The molecule has 12 heavy (non-hydrogen) atoms. The van der Waals surface area contributed by atoms with Crippen molar-refractivity contribution in [1.82, 2.24) is 5.32 Å². The van der Waals surface area contributed by atoms with Gasteiger partial charge in [0.1, 0.15) is 0 Å². The Hall–Kier alpha value is -1.10. The smallest absolute Gasteiger partial charge is 0.234 e. The predicted octanol–water partition coefficient (Wildman–Crippen LogP) is -1.53. The summed E-state index contributed by atoms with van der Waals surface area (Å²) in [4.78, 5) is 21.5. The molecule has 1 rings (SSSR count). The predicted molar refractivity (Wildman–Crippen MR) is 43.0 cm³/mol. The van der Waals surface area contributed by atoms with Crippen molar-refractivity contribution in [2.75, 3.05) is 0 Å². The van der Waals surface area contributed by atoms with Crippen LogP contribution in [0.1, 0.15) is 19.3 Å². The largest absolute Gasteiger partial charge is 0.368 e. The highest BCUT2D eigenvalue weighted by atomic mass is 16.2. The number of carbonyl (C=O) groups excluding carboxylic acids is 2. The molecule has 68 valence electrons. The van der Waals surface area contributed by atoms with Gasteiger partial charge in [0.15, 0.2) is 0 Å². The zero-order chi connectivity index (χ0) is 9.14. The molecule has 0 aromatic carbocycles. The fourth-order valence-electron chi connectivity index (χ4n) is 1.38. The van der Waals surface area contributed by atoms with Crippen molar-refractivity contribution in [3.05, 3.63) is 0 Å². The van der Waals surface area contributed by atoms with Gasteiger partial charge in [-0.25, -0.2) is 0 Å². The molecule has 2 amide bonds. The molecule has 0 aliphatic carbocycles. The minimum Gasteiger partial charge on any atom is -0.368 e. The lowest BCUT2D eigenvalue weighted by molar-refractivity contribution is -0.123. The fourth-order valence-corrected chi connectivity index (χ4v) is 1.38. The van der Waals surface area contributed by atoms with E-state index < -0.39 is 23.9 Å². The summed E-state index contributed by atoms with van der Waals surface area (Å²) in [5, 5.41) is 2.80. The van der Waals surface area contributed by atoms with Crippen LogP contribution in [0, 0.1) is 0 Å². The van der Waals surface area contributed by atoms with Gasteiger partial charge in [-0.2, -0.15) is 0 Å². The molecule has 0 bridgehead atoms. The highest BCUT2D eigenvalue weighted by Gasteiger charge is 2.27. The van der Waals surface area contributed by atoms with Gasteiger partial charge in [0.05, 0.1) is 12.1 Å². The van der Waals surface area contributed by atoms with Crippen molar-refractivity contribution in [3.63, 3.8) is 0 Å². The first-order valence-corrected chi connectivity index (χ1v) is 3.96. The Bertz CT molecular complexity index is 185. The number of rotatable bonds is 2. The number of piperidine rings is 1. The van der Waals surface area contributed by atoms with Gasteiger partial charge in [0, 0.05) is 0 Å². The monoisotopic (exact) mass is 171 g/mol. The summed E-state index contributed by atoms with van der Waals surface area (Å²) >= 11 is 0. The summed E-state index contributed by atoms with van der Waals surface area (Å²) in [5.41, 5.74) is 10.2. The number of amides is 2. The lowest BCUT2D eigenvalue weighted by atomic mass is 9.98. The van der Waals surface area contributed by atoms with E-state index in [1.807, 2.05) is 0 Å². The number of hydrogen-bond acceptors (Lipinski definition) is 3. The molecule has 0 aromatic heterocycles. The minimum absolute atomic E-state index is 0.392. The summed E-state index contributed by atoms with van der Waals surface area (Å²) < 4.78 is 0. The second kappa shape index (κ2) is 3.53. The molecule has 0 saturated carbocycles. The van der Waals surface area contributed by atoms with E-state index in [4.69, 9.17) is 11.5 Å². The van der Waals surface area contributed by atoms with Gasteiger partial charge in [-0.15, -0.1) is 0 Å². The van der Waals surface area contributed by atoms with E-state index in [2.05, 4.69) is 5.32 Å². The van der Waals surface area contributed by atoms with Crippen LogP contribution >= 0.6 is 0 Å². The van der Waals surface area contributed by atoms with Crippen LogP contribution in [0.25, 0.3) is 0 Å². The summed E-state index contributed by atoms with van der Waals surface area (Å²) in [6, 6.07) is -0.785. The van der Waals surface area contributed by atoms with Gasteiger partial charge in [0.2, 0.25) is 11.8 Å². The van der Waals surface area contributed by atoms with E-state index in [1.165, 1.54) is 0 Å². The van der Waals surface area contributed by atoms with E-state index in [0.717, 1.165) is 6.42 Å². The number of carbonyl (C=O) groups is 2. The molecular weight excluding hydrogens is 158 g/mol. The lowest BCUT2D eigenvalue weighted by Crippen LogP contribution is -2.54. The van der Waals surface area contributed by atoms with Crippen molar-refractivity contribution in [2.24, 2.45) is 11.5 Å². The molecule has 1 aliphatic heterocycles. The Morgan fingerprint density at radius 1 is 1.08 bits per heavy atom. The molecule has 0 radical (unpaired) electrons. The zero-order valence-corrected chi connectivity index (χ0v) is 6.75. The molecule has 0 spiro atoms. The standard InChI is InChI=1S/C7H13N3O2/c8-6(11)4-2-1-3-5(10-4)7(9)12/h4-5,10H,1-3H2,(H2,8,11)(H2,9,12)/t4-,5+. The van der Waals surface area contributed by atoms with Crippen molar-refractivity contribution in [2.45, 2.75) is 31.3 Å². The van der Waals surface area contributed by atoms with Crippen molar-refractivity contribution in [3.8, 4) is 0 Å². The molecule has 5 heteroatoms. The number of primary amides is 2. The normalized spacial score (nSPS) is 29.7. The summed E-state index contributed by atoms with van der Waals surface area (Å²) in [6.45, 7) is 0. The van der Waals surface area contributed by atoms with Crippen LogP contribution in [-0.2, 0) is 9.59 Å². The Morgan fingerprint density at radius 2 is 1.50 bits per heavy atom. The van der Waals surface area contributed by atoms with E-state index >= 15 is 0 Å². The van der Waals surface area contributed by atoms with Gasteiger partial charge in [-0.3, -0.25) is 14.9 Å². The van der Waals surface area contributed by atoms with Crippen LogP contribution in [0.3, 0.4) is 0 Å². The lowest BCUT2D eigenvalue weighted by Gasteiger charge is -2.26. The summed E-state index contributed by atoms with van der Waals surface area (Å²) in [5.74, 6) is -0.832. The summed E-state index contributed by atoms with van der Waals surface area (Å²) in [6.07, 6.45) is 2.20. The Balaban J connectivity index is 2.51. The third-order valence-electron chi connectivity index (χ3n) is 2.07. The van der Waals surface area contributed by atoms with Crippen LogP contribution in [0.5, 0.6) is 0 Å². The molecule has 5 nitrogen and oxygen atoms in total. The van der Waals surface area contributed by atoms with E-state index in [9.17, 15) is 9.59 Å². The van der Waals surface area contributed by atoms with Gasteiger partial charge in [-0.1, -0.05) is 0 Å². The quantitative estimate of drug-likeness (QED) is 0.470. The van der Waals surface area contributed by atoms with Gasteiger partial charge in [0.25, 0.3) is 0 Å². The fraction of sp³-hybridized carbons (Fsp3) is 0.714. The topological polar surface area (TPSA) is 98.2 Å². The van der Waals surface area contributed by atoms with E-state index in [0.29, 0.717) is 12.8 Å². The average Bonchev–Trinajstić information content (AvgIpc) is 2.04. The van der Waals surface area contributed by atoms with Gasteiger partial charge >= 0.3 is 0 Å². The van der Waals surface area contributed by atoms with Crippen LogP contribution in [0.15, 0.2) is 0 Å². The molecule has 5 N–H and O–H groups in total. The maximum Gasteiger partial charge on any atom is 0.234 e. The van der Waals surface area contributed by atoms with E-state index in [1.54, 1.807) is 0 Å². The maximum atomic E-state index is 10.7. The first-order chi connectivity index (χ1) is 5.61. The van der Waals surface area contributed by atoms with Crippen LogP contribution in [0.2, 0.25) is 0 Å². The van der Waals surface area contributed by atoms with Crippen LogP contribution < -0.4 is 16.8 Å². The first kappa shape index (κ1) is 8.99. The zero-order valence-electron chi connectivity index (χ0n) is 6.75. The van der Waals surface area contributed by atoms with Crippen molar-refractivity contribution < 1.29 is 9.59 Å². The number of nitrogens with one attached hydrogen (secondary N) is 1. The Labute approximate surface area is 70.5 Å². The van der Waals surface area contributed by atoms with Crippen LogP contribution in [0.4, 0.5) is 0 Å². The molecule has 0 unspecified atom stereocenters. The third-order valence-corrected chi connectivity index (χ3v) is 2.07. The Kier molecular flexibility index (Phi) is 2.65. The molecule has 2 atom stereocenters. The van der Waals surface area contributed by atoms with Gasteiger partial charge in [-0.05, 0) is 19.3 Å². The van der Waals surface area contributed by atoms with Crippen molar-refractivity contribution in [1.29, 1.82) is 0 Å². The highest BCUT2D eigenvalue weighted by molar-refractivity contribution is 5.84. The molecule has 0 aromatic rings. The molecule has 1 aliphatic rings. The molecule has 1 fully saturated rings. The average molecular weight is 171 g/mol. The number of hydrogen-bond donors (Lipinski definition) is 3. The minimum atomic E-state index is -0.416. The maximum absolute atomic E-state index is 10.7. The van der Waals surface area contributed by atoms with E-state index in [-0.39, 0.29) is 0 Å². The molecule has 1 heterocycles. The Morgan fingerprint density at radius 3 is 1.83 bits per heavy atom. The third kappa shape index (κ3) is 1.94. The van der Waals surface area contributed by atoms with Crippen molar-refractivity contribution >= 4 is 11.8 Å². The SMILES string of the molecule is NC(=O)[C@@H]1CCC[C@H](C(N)=O)N1. The molecule has 1 saturated heterocycles. The highest BCUT2D eigenvalue weighted by Crippen LogP contribution is 2.11. The van der Waals surface area contributed by atoms with Gasteiger partial charge < -0.3 is 11.5 Å². The number of nitrogens with two attached hydrogens (primary N) is 2. The molecular formula is C7H13N3O2. The second-order valence-corrected chi connectivity index (χ2v) is 3.01. The summed E-state index contributed by atoms with van der Waals surface area (Å²) in [7, 11) is 0. The van der Waals surface area contributed by atoms with Crippen LogP contribution in [-0.4, -0.2) is 23.9 Å².